The summed E-state index contributed by atoms with van der Waals surface area (Å²) in [7, 11) is -1.47. The van der Waals surface area contributed by atoms with Crippen LogP contribution in [0, 0.1) is 0 Å². The van der Waals surface area contributed by atoms with Crippen molar-refractivity contribution < 1.29 is 10.0 Å². The normalized spacial score (nSPS) is 10.8. The molecule has 120 valence electrons. The molecule has 0 aliphatic carbocycles. The maximum absolute atomic E-state index is 9.50. The van der Waals surface area contributed by atoms with Crippen LogP contribution in [0.2, 0.25) is 0 Å². The lowest BCUT2D eigenvalue weighted by Gasteiger charge is -2.13. The Hall–Kier alpha value is -2.88. The second kappa shape index (κ2) is 6.56. The number of rotatable bonds is 3. The smallest absolute Gasteiger partial charge is 0.423 e. The van der Waals surface area contributed by atoms with E-state index >= 15 is 0 Å². The highest BCUT2D eigenvalue weighted by Crippen LogP contribution is 2.36. The van der Waals surface area contributed by atoms with Gasteiger partial charge >= 0.3 is 7.12 Å². The molecule has 4 aromatic rings. The van der Waals surface area contributed by atoms with E-state index in [1.807, 2.05) is 42.5 Å². The first-order valence-electron chi connectivity index (χ1n) is 8.28. The molecule has 0 spiro atoms. The Morgan fingerprint density at radius 1 is 0.560 bits per heavy atom. The van der Waals surface area contributed by atoms with E-state index in [-0.39, 0.29) is 0 Å². The minimum atomic E-state index is -1.47. The van der Waals surface area contributed by atoms with Gasteiger partial charge in [0, 0.05) is 0 Å². The average Bonchev–Trinajstić information content (AvgIpc) is 2.68. The van der Waals surface area contributed by atoms with Crippen LogP contribution in [-0.4, -0.2) is 17.2 Å². The van der Waals surface area contributed by atoms with Crippen LogP contribution in [-0.2, 0) is 0 Å². The minimum Gasteiger partial charge on any atom is -0.423 e. The lowest BCUT2D eigenvalue weighted by Crippen LogP contribution is -2.29. The van der Waals surface area contributed by atoms with E-state index < -0.39 is 7.12 Å². The zero-order chi connectivity index (χ0) is 17.2. The number of benzene rings is 4. The summed E-state index contributed by atoms with van der Waals surface area (Å²) in [4.78, 5) is 0. The van der Waals surface area contributed by atoms with E-state index in [4.69, 9.17) is 0 Å². The molecule has 0 aliphatic heterocycles. The maximum Gasteiger partial charge on any atom is 0.488 e. The lowest BCUT2D eigenvalue weighted by molar-refractivity contribution is 0.426. The van der Waals surface area contributed by atoms with E-state index in [1.165, 1.54) is 16.5 Å². The molecule has 2 N–H and O–H groups in total. The first-order chi connectivity index (χ1) is 12.2. The molecule has 0 unspecified atom stereocenters. The van der Waals surface area contributed by atoms with E-state index in [0.717, 1.165) is 16.5 Å². The zero-order valence-electron chi connectivity index (χ0n) is 13.6. The molecule has 4 rings (SSSR count). The van der Waals surface area contributed by atoms with Gasteiger partial charge in [-0.15, -0.1) is 0 Å². The topological polar surface area (TPSA) is 40.5 Å². The van der Waals surface area contributed by atoms with Gasteiger partial charge in [-0.3, -0.25) is 0 Å². The third-order valence-electron chi connectivity index (χ3n) is 4.49. The van der Waals surface area contributed by atoms with Crippen LogP contribution in [0.4, 0.5) is 0 Å². The first kappa shape index (κ1) is 15.6. The van der Waals surface area contributed by atoms with Crippen molar-refractivity contribution in [3.63, 3.8) is 0 Å². The predicted molar refractivity (Wildman–Crippen MR) is 105 cm³/mol. The van der Waals surface area contributed by atoms with Crippen LogP contribution in [0.1, 0.15) is 0 Å². The standard InChI is InChI=1S/C22H17BO2/c24-23(25)19-12-4-11-18(15-19)21-14-6-10-17-9-5-13-20(22(17)21)16-7-2-1-3-8-16/h1-15,24-25H. The molecule has 25 heavy (non-hydrogen) atoms. The van der Waals surface area contributed by atoms with Crippen molar-refractivity contribution in [1.82, 2.24) is 0 Å². The van der Waals surface area contributed by atoms with Crippen molar-refractivity contribution in [1.29, 1.82) is 0 Å². The van der Waals surface area contributed by atoms with Crippen LogP contribution in [0.15, 0.2) is 91.0 Å². The summed E-state index contributed by atoms with van der Waals surface area (Å²) in [6.07, 6.45) is 0. The van der Waals surface area contributed by atoms with Crippen LogP contribution in [0.25, 0.3) is 33.0 Å². The number of hydrogen-bond donors (Lipinski definition) is 2. The lowest BCUT2D eigenvalue weighted by atomic mass is 9.78. The molecule has 0 aliphatic rings. The van der Waals surface area contributed by atoms with E-state index in [0.29, 0.717) is 5.46 Å². The summed E-state index contributed by atoms with van der Waals surface area (Å²) in [6, 6.07) is 30.3. The number of hydrogen-bond acceptors (Lipinski definition) is 2. The van der Waals surface area contributed by atoms with Gasteiger partial charge in [-0.05, 0) is 38.5 Å². The molecule has 3 heteroatoms. The Morgan fingerprint density at radius 3 is 1.84 bits per heavy atom. The first-order valence-corrected chi connectivity index (χ1v) is 8.28. The molecule has 0 aromatic heterocycles. The maximum atomic E-state index is 9.50. The molecule has 0 heterocycles. The summed E-state index contributed by atoms with van der Waals surface area (Å²) in [5.41, 5.74) is 4.88. The summed E-state index contributed by atoms with van der Waals surface area (Å²) in [6.45, 7) is 0. The predicted octanol–water partition coefficient (Wildman–Crippen LogP) is 3.85. The van der Waals surface area contributed by atoms with Gasteiger partial charge in [0.25, 0.3) is 0 Å². The third-order valence-corrected chi connectivity index (χ3v) is 4.49. The monoisotopic (exact) mass is 324 g/mol. The third kappa shape index (κ3) is 2.96. The van der Waals surface area contributed by atoms with Crippen molar-refractivity contribution in [2.24, 2.45) is 0 Å². The highest BCUT2D eigenvalue weighted by Gasteiger charge is 2.14. The largest absolute Gasteiger partial charge is 0.488 e. The van der Waals surface area contributed by atoms with Gasteiger partial charge < -0.3 is 10.0 Å². The minimum absolute atomic E-state index is 0.492. The van der Waals surface area contributed by atoms with E-state index in [1.54, 1.807) is 6.07 Å². The van der Waals surface area contributed by atoms with Crippen LogP contribution >= 0.6 is 0 Å². The molecule has 0 bridgehead atoms. The second-order valence-electron chi connectivity index (χ2n) is 6.07. The van der Waals surface area contributed by atoms with Gasteiger partial charge in [-0.1, -0.05) is 91.0 Å². The summed E-state index contributed by atoms with van der Waals surface area (Å²) >= 11 is 0. The van der Waals surface area contributed by atoms with Gasteiger partial charge in [-0.2, -0.15) is 0 Å². The summed E-state index contributed by atoms with van der Waals surface area (Å²) in [5.74, 6) is 0. The fourth-order valence-electron chi connectivity index (χ4n) is 3.31. The Bertz CT molecular complexity index is 1020. The van der Waals surface area contributed by atoms with Crippen LogP contribution in [0.3, 0.4) is 0 Å². The Kier molecular flexibility index (Phi) is 4.10. The van der Waals surface area contributed by atoms with Crippen LogP contribution < -0.4 is 5.46 Å². The SMILES string of the molecule is OB(O)c1cccc(-c2cccc3cccc(-c4ccccc4)c23)c1. The van der Waals surface area contributed by atoms with E-state index in [9.17, 15) is 10.0 Å². The molecular weight excluding hydrogens is 307 g/mol. The molecule has 0 radical (unpaired) electrons. The van der Waals surface area contributed by atoms with Crippen molar-refractivity contribution in [3.05, 3.63) is 91.0 Å². The van der Waals surface area contributed by atoms with E-state index in [2.05, 4.69) is 42.5 Å². The summed E-state index contributed by atoms with van der Waals surface area (Å²) in [5, 5.41) is 21.3. The molecule has 0 fully saturated rings. The fourth-order valence-corrected chi connectivity index (χ4v) is 3.31. The molecule has 2 nitrogen and oxygen atoms in total. The average molecular weight is 324 g/mol. The van der Waals surface area contributed by atoms with Crippen molar-refractivity contribution in [3.8, 4) is 22.3 Å². The van der Waals surface area contributed by atoms with Crippen molar-refractivity contribution >= 4 is 23.4 Å². The fraction of sp³-hybridized carbons (Fsp3) is 0. The van der Waals surface area contributed by atoms with Crippen molar-refractivity contribution in [2.75, 3.05) is 0 Å². The Balaban J connectivity index is 2.01. The Labute approximate surface area is 147 Å². The molecule has 0 saturated heterocycles. The molecule has 0 saturated carbocycles. The summed E-state index contributed by atoms with van der Waals surface area (Å²) < 4.78 is 0. The molecule has 0 atom stereocenters. The van der Waals surface area contributed by atoms with Crippen LogP contribution in [0.5, 0.6) is 0 Å². The molecule has 4 aromatic carbocycles. The quantitative estimate of drug-likeness (QED) is 0.562. The second-order valence-corrected chi connectivity index (χ2v) is 6.07. The van der Waals surface area contributed by atoms with Gasteiger partial charge in [0.15, 0.2) is 0 Å². The zero-order valence-corrected chi connectivity index (χ0v) is 13.6. The highest BCUT2D eigenvalue weighted by atomic mass is 16.4. The van der Waals surface area contributed by atoms with Gasteiger partial charge in [-0.25, -0.2) is 0 Å². The Morgan fingerprint density at radius 2 is 1.16 bits per heavy atom. The highest BCUT2D eigenvalue weighted by molar-refractivity contribution is 6.58. The molecule has 0 amide bonds. The van der Waals surface area contributed by atoms with Gasteiger partial charge in [0.1, 0.15) is 0 Å². The van der Waals surface area contributed by atoms with Gasteiger partial charge in [0.05, 0.1) is 0 Å². The molecular formula is C22H17BO2. The van der Waals surface area contributed by atoms with Crippen molar-refractivity contribution in [2.45, 2.75) is 0 Å². The van der Waals surface area contributed by atoms with Gasteiger partial charge in [0.2, 0.25) is 0 Å². The number of fused-ring (bicyclic) bond motifs is 1.